The van der Waals surface area contributed by atoms with Gasteiger partial charge in [0.2, 0.25) is 5.91 Å². The Labute approximate surface area is 118 Å². The molecule has 106 valence electrons. The number of carbonyl (C=O) groups is 1. The third-order valence-corrected chi connectivity index (χ3v) is 3.41. The monoisotopic (exact) mass is 273 g/mol. The number of nitrogens with one attached hydrogen (secondary N) is 1. The molecule has 0 saturated carbocycles. The summed E-state index contributed by atoms with van der Waals surface area (Å²) in [6.45, 7) is 2.24. The number of benzene rings is 1. The van der Waals surface area contributed by atoms with E-state index in [9.17, 15) is 9.90 Å². The van der Waals surface area contributed by atoms with Crippen LogP contribution in [0.3, 0.4) is 0 Å². The van der Waals surface area contributed by atoms with Gasteiger partial charge in [-0.05, 0) is 37.6 Å². The minimum absolute atomic E-state index is 0.0693. The van der Waals surface area contributed by atoms with Gasteiger partial charge in [0.05, 0.1) is 17.7 Å². The number of aliphatic hydroxyl groups is 1. The normalized spacial score (nSPS) is 19.3. The largest absolute Gasteiger partial charge is 0.392 e. The second-order valence-electron chi connectivity index (χ2n) is 5.09. The topological polar surface area (TPSA) is 76.4 Å². The van der Waals surface area contributed by atoms with Gasteiger partial charge in [-0.3, -0.25) is 4.79 Å². The Kier molecular flexibility index (Phi) is 5.10. The lowest BCUT2D eigenvalue weighted by atomic mass is 10.1. The predicted octanol–water partition coefficient (Wildman–Crippen LogP) is 1.34. The molecule has 0 spiro atoms. The molecule has 1 fully saturated rings. The zero-order valence-electron chi connectivity index (χ0n) is 11.4. The third-order valence-electron chi connectivity index (χ3n) is 3.41. The standard InChI is InChI=1S/C15H19N3O2/c16-10-12-3-1-4-13(9-12)17-15(20)6-8-18-7-2-5-14(19)11-18/h1,3-4,9,14,19H,2,5-8,11H2,(H,17,20). The van der Waals surface area contributed by atoms with E-state index in [2.05, 4.69) is 10.2 Å². The highest BCUT2D eigenvalue weighted by molar-refractivity contribution is 5.90. The van der Waals surface area contributed by atoms with Crippen LogP contribution in [0.2, 0.25) is 0 Å². The number of nitrogens with zero attached hydrogens (tertiary/aromatic N) is 2. The highest BCUT2D eigenvalue weighted by atomic mass is 16.3. The SMILES string of the molecule is N#Cc1cccc(NC(=O)CCN2CCCC(O)C2)c1. The maximum Gasteiger partial charge on any atom is 0.225 e. The summed E-state index contributed by atoms with van der Waals surface area (Å²) in [6, 6.07) is 8.91. The van der Waals surface area contributed by atoms with Crippen molar-refractivity contribution in [2.24, 2.45) is 0 Å². The molecule has 0 aliphatic carbocycles. The minimum atomic E-state index is -0.265. The summed E-state index contributed by atoms with van der Waals surface area (Å²) < 4.78 is 0. The number of likely N-dealkylation sites (tertiary alicyclic amines) is 1. The molecule has 1 aromatic rings. The van der Waals surface area contributed by atoms with Crippen molar-refractivity contribution in [1.82, 2.24) is 4.90 Å². The molecular weight excluding hydrogens is 254 g/mol. The smallest absolute Gasteiger partial charge is 0.225 e. The van der Waals surface area contributed by atoms with Crippen molar-refractivity contribution in [3.63, 3.8) is 0 Å². The molecule has 1 unspecified atom stereocenters. The van der Waals surface area contributed by atoms with Crippen molar-refractivity contribution in [2.45, 2.75) is 25.4 Å². The molecule has 5 heteroatoms. The molecule has 1 atom stereocenters. The van der Waals surface area contributed by atoms with Crippen molar-refractivity contribution in [1.29, 1.82) is 5.26 Å². The molecular formula is C15H19N3O2. The maximum absolute atomic E-state index is 11.9. The Hall–Kier alpha value is -1.90. The molecule has 5 nitrogen and oxygen atoms in total. The number of nitriles is 1. The van der Waals surface area contributed by atoms with Crippen LogP contribution in [-0.2, 0) is 4.79 Å². The molecule has 1 aliphatic heterocycles. The number of anilines is 1. The first-order chi connectivity index (χ1) is 9.67. The van der Waals surface area contributed by atoms with E-state index < -0.39 is 0 Å². The first-order valence-electron chi connectivity index (χ1n) is 6.88. The van der Waals surface area contributed by atoms with E-state index in [1.807, 2.05) is 6.07 Å². The van der Waals surface area contributed by atoms with Crippen molar-refractivity contribution >= 4 is 11.6 Å². The van der Waals surface area contributed by atoms with Crippen LogP contribution in [0.4, 0.5) is 5.69 Å². The van der Waals surface area contributed by atoms with E-state index in [0.29, 0.717) is 30.8 Å². The molecule has 1 heterocycles. The minimum Gasteiger partial charge on any atom is -0.392 e. The van der Waals surface area contributed by atoms with Gasteiger partial charge in [-0.1, -0.05) is 6.07 Å². The highest BCUT2D eigenvalue weighted by Crippen LogP contribution is 2.12. The van der Waals surface area contributed by atoms with E-state index in [-0.39, 0.29) is 12.0 Å². The van der Waals surface area contributed by atoms with Crippen molar-refractivity contribution in [3.8, 4) is 6.07 Å². The number of piperidine rings is 1. The van der Waals surface area contributed by atoms with E-state index >= 15 is 0 Å². The van der Waals surface area contributed by atoms with E-state index in [4.69, 9.17) is 5.26 Å². The van der Waals surface area contributed by atoms with Gasteiger partial charge in [0.1, 0.15) is 0 Å². The summed E-state index contributed by atoms with van der Waals surface area (Å²) in [7, 11) is 0. The summed E-state index contributed by atoms with van der Waals surface area (Å²) in [5.41, 5.74) is 1.18. The molecule has 1 saturated heterocycles. The maximum atomic E-state index is 11.9. The van der Waals surface area contributed by atoms with Crippen molar-refractivity contribution in [3.05, 3.63) is 29.8 Å². The number of rotatable bonds is 4. The lowest BCUT2D eigenvalue weighted by Crippen LogP contribution is -2.39. The lowest BCUT2D eigenvalue weighted by Gasteiger charge is -2.29. The fourth-order valence-electron chi connectivity index (χ4n) is 2.38. The molecule has 0 aromatic heterocycles. The third kappa shape index (κ3) is 4.34. The predicted molar refractivity (Wildman–Crippen MR) is 76.1 cm³/mol. The summed E-state index contributed by atoms with van der Waals surface area (Å²) >= 11 is 0. The highest BCUT2D eigenvalue weighted by Gasteiger charge is 2.17. The van der Waals surface area contributed by atoms with Gasteiger partial charge in [0.25, 0.3) is 0 Å². The van der Waals surface area contributed by atoms with Crippen LogP contribution >= 0.6 is 0 Å². The van der Waals surface area contributed by atoms with E-state index in [0.717, 1.165) is 19.4 Å². The molecule has 2 rings (SSSR count). The lowest BCUT2D eigenvalue weighted by molar-refractivity contribution is -0.116. The average Bonchev–Trinajstić information content (AvgIpc) is 2.45. The summed E-state index contributed by atoms with van der Waals surface area (Å²) in [4.78, 5) is 14.0. The Morgan fingerprint density at radius 2 is 2.40 bits per heavy atom. The summed E-state index contributed by atoms with van der Waals surface area (Å²) in [5, 5.41) is 21.2. The molecule has 0 bridgehead atoms. The second-order valence-corrected chi connectivity index (χ2v) is 5.09. The number of aliphatic hydroxyl groups excluding tert-OH is 1. The second kappa shape index (κ2) is 7.04. The van der Waals surface area contributed by atoms with Gasteiger partial charge in [-0.15, -0.1) is 0 Å². The molecule has 1 aliphatic rings. The van der Waals surface area contributed by atoms with Crippen LogP contribution < -0.4 is 5.32 Å². The molecule has 0 radical (unpaired) electrons. The van der Waals surface area contributed by atoms with Crippen LogP contribution in [0.1, 0.15) is 24.8 Å². The van der Waals surface area contributed by atoms with Crippen LogP contribution in [-0.4, -0.2) is 41.7 Å². The van der Waals surface area contributed by atoms with Crippen molar-refractivity contribution < 1.29 is 9.90 Å². The first-order valence-corrected chi connectivity index (χ1v) is 6.88. The molecule has 1 aromatic carbocycles. The molecule has 2 N–H and O–H groups in total. The average molecular weight is 273 g/mol. The fraction of sp³-hybridized carbons (Fsp3) is 0.467. The van der Waals surface area contributed by atoms with E-state index in [1.165, 1.54) is 0 Å². The Morgan fingerprint density at radius 1 is 1.55 bits per heavy atom. The zero-order valence-corrected chi connectivity index (χ0v) is 11.4. The molecule has 1 amide bonds. The number of carbonyl (C=O) groups excluding carboxylic acids is 1. The number of amides is 1. The van der Waals surface area contributed by atoms with Gasteiger partial charge in [-0.2, -0.15) is 5.26 Å². The number of β-amino-alcohol motifs (C(OH)–C–C–N with tert-alkyl or cyclic N) is 1. The number of hydrogen-bond donors (Lipinski definition) is 2. The van der Waals surface area contributed by atoms with Gasteiger partial charge >= 0.3 is 0 Å². The van der Waals surface area contributed by atoms with Crippen LogP contribution in [0.15, 0.2) is 24.3 Å². The zero-order chi connectivity index (χ0) is 14.4. The van der Waals surface area contributed by atoms with E-state index in [1.54, 1.807) is 24.3 Å². The summed E-state index contributed by atoms with van der Waals surface area (Å²) in [5.74, 6) is -0.0693. The Balaban J connectivity index is 1.79. The fourth-order valence-corrected chi connectivity index (χ4v) is 2.38. The summed E-state index contributed by atoms with van der Waals surface area (Å²) in [6.07, 6.45) is 1.96. The van der Waals surface area contributed by atoms with Crippen molar-refractivity contribution in [2.75, 3.05) is 25.0 Å². The quantitative estimate of drug-likeness (QED) is 0.868. The molecule has 20 heavy (non-hydrogen) atoms. The Bertz CT molecular complexity index is 510. The van der Waals surface area contributed by atoms with Gasteiger partial charge < -0.3 is 15.3 Å². The van der Waals surface area contributed by atoms with Gasteiger partial charge in [0.15, 0.2) is 0 Å². The first kappa shape index (κ1) is 14.5. The van der Waals surface area contributed by atoms with Crippen LogP contribution in [0.5, 0.6) is 0 Å². The van der Waals surface area contributed by atoms with Gasteiger partial charge in [0, 0.05) is 25.2 Å². The Morgan fingerprint density at radius 3 is 3.15 bits per heavy atom. The number of hydrogen-bond acceptors (Lipinski definition) is 4. The van der Waals surface area contributed by atoms with Crippen LogP contribution in [0, 0.1) is 11.3 Å². The van der Waals surface area contributed by atoms with Crippen LogP contribution in [0.25, 0.3) is 0 Å². The van der Waals surface area contributed by atoms with Gasteiger partial charge in [-0.25, -0.2) is 0 Å².